The third-order valence-corrected chi connectivity index (χ3v) is 7.17. The van der Waals surface area contributed by atoms with Crippen LogP contribution in [0.3, 0.4) is 0 Å². The first kappa shape index (κ1) is 21.6. The fourth-order valence-electron chi connectivity index (χ4n) is 5.50. The van der Waals surface area contributed by atoms with Crippen molar-refractivity contribution in [2.75, 3.05) is 0 Å². The monoisotopic (exact) mass is 442 g/mol. The summed E-state index contributed by atoms with van der Waals surface area (Å²) < 4.78 is 13.8. The molecule has 1 aromatic heterocycles. The van der Waals surface area contributed by atoms with E-state index in [2.05, 4.69) is 10.3 Å². The van der Waals surface area contributed by atoms with Gasteiger partial charge in [-0.2, -0.15) is 0 Å². The van der Waals surface area contributed by atoms with Gasteiger partial charge in [0.15, 0.2) is 0 Å². The summed E-state index contributed by atoms with van der Waals surface area (Å²) in [4.78, 5) is 17.0. The van der Waals surface area contributed by atoms with Gasteiger partial charge in [0.1, 0.15) is 11.6 Å². The molecule has 164 valence electrons. The van der Waals surface area contributed by atoms with E-state index in [-0.39, 0.29) is 28.6 Å². The lowest BCUT2D eigenvalue weighted by molar-refractivity contribution is -0.125. The highest BCUT2D eigenvalue weighted by Crippen LogP contribution is 2.54. The maximum Gasteiger partial charge on any atom is 0.228 e. The number of nitrogens with one attached hydrogen (secondary N) is 1. The highest BCUT2D eigenvalue weighted by atomic mass is 35.5. The Morgan fingerprint density at radius 3 is 2.58 bits per heavy atom. The predicted molar refractivity (Wildman–Crippen MR) is 121 cm³/mol. The number of fused-ring (bicyclic) bond motifs is 2. The first-order chi connectivity index (χ1) is 14.8. The topological polar surface area (TPSA) is 94.0 Å². The molecule has 31 heavy (non-hydrogen) atoms. The minimum absolute atomic E-state index is 0.0765. The molecule has 7 heteroatoms. The number of halogens is 2. The molecule has 5 N–H and O–H groups in total. The minimum atomic E-state index is -0.225. The van der Waals surface area contributed by atoms with E-state index in [0.717, 1.165) is 36.6 Å². The fourth-order valence-corrected chi connectivity index (χ4v) is 5.57. The van der Waals surface area contributed by atoms with Gasteiger partial charge in [-0.25, -0.2) is 4.39 Å². The Hall–Kier alpha value is -2.60. The van der Waals surface area contributed by atoms with Gasteiger partial charge in [0, 0.05) is 17.5 Å². The number of allylic oxidation sites excluding steroid dienone is 2. The van der Waals surface area contributed by atoms with Crippen LogP contribution in [0.25, 0.3) is 10.9 Å². The zero-order valence-electron chi connectivity index (χ0n) is 17.5. The molecule has 2 aliphatic carbocycles. The fraction of sp³-hybridized carbons (Fsp3) is 0.417. The van der Waals surface area contributed by atoms with Gasteiger partial charge in [0.05, 0.1) is 10.7 Å². The van der Waals surface area contributed by atoms with Crippen LogP contribution < -0.4 is 16.8 Å². The molecule has 2 fully saturated rings. The van der Waals surface area contributed by atoms with Gasteiger partial charge < -0.3 is 16.8 Å². The zero-order valence-corrected chi connectivity index (χ0v) is 18.3. The molecule has 5 nitrogen and oxygen atoms in total. The van der Waals surface area contributed by atoms with Crippen LogP contribution in [0.5, 0.6) is 0 Å². The van der Waals surface area contributed by atoms with Gasteiger partial charge in [-0.1, -0.05) is 18.5 Å². The Morgan fingerprint density at radius 1 is 1.19 bits per heavy atom. The molecule has 0 radical (unpaired) electrons. The van der Waals surface area contributed by atoms with Crippen molar-refractivity contribution < 1.29 is 9.18 Å². The average molecular weight is 443 g/mol. The maximum atomic E-state index is 13.8. The summed E-state index contributed by atoms with van der Waals surface area (Å²) in [7, 11) is 0. The van der Waals surface area contributed by atoms with Crippen molar-refractivity contribution >= 4 is 28.4 Å². The van der Waals surface area contributed by atoms with Gasteiger partial charge in [-0.3, -0.25) is 9.78 Å². The molecule has 2 aromatic rings. The zero-order chi connectivity index (χ0) is 22.1. The largest absolute Gasteiger partial charge is 0.389 e. The standard InChI is InChI=1S/C24H28ClFN4O/c1-13(24(31)30-23(28)5-4-22(25)27)14-8-15-10-17(11-16(15)9-14)19-6-7-29-21-3-2-18(26)12-20(19)21/h2-7,12-17H,8-11,27-28H2,1H3,(H,30,31)/b22-4-,23-5+. The summed E-state index contributed by atoms with van der Waals surface area (Å²) in [5.74, 6) is 1.75. The molecule has 3 atom stereocenters. The normalized spacial score (nSPS) is 27.3. The lowest BCUT2D eigenvalue weighted by Gasteiger charge is -2.21. The molecule has 4 rings (SSSR count). The van der Waals surface area contributed by atoms with Crippen LogP contribution >= 0.6 is 11.6 Å². The summed E-state index contributed by atoms with van der Waals surface area (Å²) in [6, 6.07) is 6.85. The van der Waals surface area contributed by atoms with Gasteiger partial charge in [-0.15, -0.1) is 0 Å². The number of nitrogens with two attached hydrogens (primary N) is 2. The smallest absolute Gasteiger partial charge is 0.228 e. The number of pyridine rings is 1. The number of carbonyl (C=O) groups is 1. The second-order valence-electron chi connectivity index (χ2n) is 8.93. The van der Waals surface area contributed by atoms with Crippen molar-refractivity contribution in [1.82, 2.24) is 10.3 Å². The van der Waals surface area contributed by atoms with Crippen molar-refractivity contribution in [2.24, 2.45) is 35.1 Å². The third kappa shape index (κ3) is 4.69. The van der Waals surface area contributed by atoms with Gasteiger partial charge in [-0.05, 0) is 91.3 Å². The molecular formula is C24H28ClFN4O. The number of amides is 1. The molecule has 0 bridgehead atoms. The molecule has 2 saturated carbocycles. The molecule has 0 aliphatic heterocycles. The van der Waals surface area contributed by atoms with Gasteiger partial charge >= 0.3 is 0 Å². The number of carbonyl (C=O) groups excluding carboxylic acids is 1. The highest BCUT2D eigenvalue weighted by Gasteiger charge is 2.44. The molecule has 0 spiro atoms. The van der Waals surface area contributed by atoms with Crippen molar-refractivity contribution in [3.8, 4) is 0 Å². The Bertz CT molecular complexity index is 1040. The second kappa shape index (κ2) is 8.87. The number of nitrogens with zero attached hydrogens (tertiary/aromatic N) is 1. The highest BCUT2D eigenvalue weighted by molar-refractivity contribution is 6.29. The summed E-state index contributed by atoms with van der Waals surface area (Å²) in [6.07, 6.45) is 8.97. The summed E-state index contributed by atoms with van der Waals surface area (Å²) in [5.41, 5.74) is 13.2. The number of rotatable bonds is 5. The number of hydrogen-bond donors (Lipinski definition) is 3. The second-order valence-corrected chi connectivity index (χ2v) is 9.37. The Kier molecular flexibility index (Phi) is 6.19. The van der Waals surface area contributed by atoms with E-state index >= 15 is 0 Å². The molecule has 2 aliphatic rings. The Labute approximate surface area is 186 Å². The third-order valence-electron chi connectivity index (χ3n) is 7.04. The van der Waals surface area contributed by atoms with Crippen LogP contribution in [0.2, 0.25) is 0 Å². The lowest BCUT2D eigenvalue weighted by Crippen LogP contribution is -2.35. The van der Waals surface area contributed by atoms with Crippen LogP contribution in [0.4, 0.5) is 4.39 Å². The van der Waals surface area contributed by atoms with Crippen molar-refractivity contribution in [3.63, 3.8) is 0 Å². The van der Waals surface area contributed by atoms with Crippen LogP contribution in [0.15, 0.2) is 53.6 Å². The van der Waals surface area contributed by atoms with Crippen molar-refractivity contribution in [3.05, 3.63) is 65.0 Å². The predicted octanol–water partition coefficient (Wildman–Crippen LogP) is 4.49. The molecule has 0 saturated heterocycles. The van der Waals surface area contributed by atoms with Crippen LogP contribution in [0, 0.1) is 29.5 Å². The molecule has 1 aromatic carbocycles. The van der Waals surface area contributed by atoms with E-state index in [1.54, 1.807) is 12.1 Å². The summed E-state index contributed by atoms with van der Waals surface area (Å²) in [5, 5.41) is 3.76. The molecule has 1 heterocycles. The molecule has 1 amide bonds. The van der Waals surface area contributed by atoms with Crippen LogP contribution in [-0.4, -0.2) is 10.9 Å². The average Bonchev–Trinajstić information content (AvgIpc) is 3.30. The van der Waals surface area contributed by atoms with Crippen molar-refractivity contribution in [1.29, 1.82) is 0 Å². The Morgan fingerprint density at radius 2 is 1.90 bits per heavy atom. The summed E-state index contributed by atoms with van der Waals surface area (Å²) >= 11 is 5.58. The lowest BCUT2D eigenvalue weighted by atomic mass is 9.86. The summed E-state index contributed by atoms with van der Waals surface area (Å²) in [6.45, 7) is 1.97. The van der Waals surface area contributed by atoms with Crippen LogP contribution in [0.1, 0.15) is 44.1 Å². The molecule has 3 unspecified atom stereocenters. The van der Waals surface area contributed by atoms with E-state index in [0.29, 0.717) is 23.7 Å². The molecular weight excluding hydrogens is 415 g/mol. The van der Waals surface area contributed by atoms with Crippen molar-refractivity contribution in [2.45, 2.75) is 38.5 Å². The number of aromatic nitrogens is 1. The number of hydrogen-bond acceptors (Lipinski definition) is 4. The quantitative estimate of drug-likeness (QED) is 0.470. The van der Waals surface area contributed by atoms with E-state index in [1.165, 1.54) is 23.8 Å². The van der Waals surface area contributed by atoms with E-state index in [4.69, 9.17) is 23.1 Å². The first-order valence-electron chi connectivity index (χ1n) is 10.7. The van der Waals surface area contributed by atoms with E-state index in [9.17, 15) is 9.18 Å². The maximum absolute atomic E-state index is 13.8. The SMILES string of the molecule is CC(C(=O)N/C(N)=C/C=C(\N)Cl)C1CC2CC(c3ccnc4ccc(F)cc34)CC2C1. The van der Waals surface area contributed by atoms with E-state index in [1.807, 2.05) is 19.2 Å². The van der Waals surface area contributed by atoms with Gasteiger partial charge in [0.2, 0.25) is 5.91 Å². The van der Waals surface area contributed by atoms with E-state index < -0.39 is 0 Å². The minimum Gasteiger partial charge on any atom is -0.389 e. The van der Waals surface area contributed by atoms with Crippen LogP contribution in [-0.2, 0) is 4.79 Å². The Balaban J connectivity index is 1.40. The van der Waals surface area contributed by atoms with Gasteiger partial charge in [0.25, 0.3) is 0 Å². The first-order valence-corrected chi connectivity index (χ1v) is 11.1. The number of benzene rings is 1.